The molecule has 0 spiro atoms. The Balaban J connectivity index is 1.81. The molecule has 1 saturated heterocycles. The summed E-state index contributed by atoms with van der Waals surface area (Å²) in [5.74, 6) is -0.956. The summed E-state index contributed by atoms with van der Waals surface area (Å²) in [5.41, 5.74) is 0.437. The third-order valence-corrected chi connectivity index (χ3v) is 4.40. The molecular formula is C15H19Cl2N3O2. The number of nitrogens with one attached hydrogen (secondary N) is 2. The Kier molecular flexibility index (Phi) is 6.06. The molecule has 0 aromatic heterocycles. The van der Waals surface area contributed by atoms with Gasteiger partial charge < -0.3 is 15.5 Å². The lowest BCUT2D eigenvalue weighted by atomic mass is 9.98. The van der Waals surface area contributed by atoms with E-state index in [0.29, 0.717) is 28.2 Å². The Hall–Kier alpha value is -1.30. The molecule has 1 aliphatic rings. The van der Waals surface area contributed by atoms with E-state index in [4.69, 9.17) is 23.2 Å². The lowest BCUT2D eigenvalue weighted by molar-refractivity contribution is -0.136. The maximum Gasteiger partial charge on any atom is 0.313 e. The van der Waals surface area contributed by atoms with Crippen molar-refractivity contribution < 1.29 is 9.59 Å². The van der Waals surface area contributed by atoms with Crippen LogP contribution in [-0.4, -0.2) is 43.4 Å². The van der Waals surface area contributed by atoms with Gasteiger partial charge in [0.1, 0.15) is 0 Å². The second-order valence-electron chi connectivity index (χ2n) is 5.56. The Bertz CT molecular complexity index is 566. The lowest BCUT2D eigenvalue weighted by Gasteiger charge is -2.29. The number of likely N-dealkylation sites (tertiary alicyclic amines) is 1. The van der Waals surface area contributed by atoms with Gasteiger partial charge in [0.25, 0.3) is 0 Å². The van der Waals surface area contributed by atoms with Gasteiger partial charge >= 0.3 is 11.8 Å². The first-order valence-corrected chi connectivity index (χ1v) is 7.94. The van der Waals surface area contributed by atoms with Gasteiger partial charge in [-0.25, -0.2) is 0 Å². The smallest absolute Gasteiger partial charge is 0.313 e. The monoisotopic (exact) mass is 343 g/mol. The zero-order valence-electron chi connectivity index (χ0n) is 12.4. The van der Waals surface area contributed by atoms with Gasteiger partial charge in [0.15, 0.2) is 0 Å². The number of carbonyl (C=O) groups excluding carboxylic acids is 2. The van der Waals surface area contributed by atoms with Crippen LogP contribution < -0.4 is 10.6 Å². The predicted molar refractivity (Wildman–Crippen MR) is 88.3 cm³/mol. The summed E-state index contributed by atoms with van der Waals surface area (Å²) in [4.78, 5) is 25.9. The fourth-order valence-corrected chi connectivity index (χ4v) is 2.82. The van der Waals surface area contributed by atoms with Crippen molar-refractivity contribution in [2.24, 2.45) is 5.92 Å². The van der Waals surface area contributed by atoms with E-state index in [1.54, 1.807) is 12.1 Å². The van der Waals surface area contributed by atoms with Crippen molar-refractivity contribution in [2.75, 3.05) is 32.0 Å². The molecular weight excluding hydrogens is 325 g/mol. The Morgan fingerprint density at radius 3 is 2.73 bits per heavy atom. The molecule has 0 aliphatic carbocycles. The summed E-state index contributed by atoms with van der Waals surface area (Å²) in [5, 5.41) is 5.90. The van der Waals surface area contributed by atoms with Gasteiger partial charge in [-0.15, -0.1) is 0 Å². The van der Waals surface area contributed by atoms with Gasteiger partial charge in [0.05, 0.1) is 10.0 Å². The second kappa shape index (κ2) is 7.81. The summed E-state index contributed by atoms with van der Waals surface area (Å²) in [7, 11) is 2.06. The summed E-state index contributed by atoms with van der Waals surface area (Å²) in [6.07, 6.45) is 2.19. The number of amides is 2. The number of carbonyl (C=O) groups is 2. The molecule has 0 radical (unpaired) electrons. The van der Waals surface area contributed by atoms with Gasteiger partial charge in [-0.05, 0) is 50.6 Å². The van der Waals surface area contributed by atoms with Crippen LogP contribution in [0.1, 0.15) is 12.8 Å². The summed E-state index contributed by atoms with van der Waals surface area (Å²) in [6.45, 7) is 2.54. The highest BCUT2D eigenvalue weighted by Gasteiger charge is 2.20. The molecule has 5 nitrogen and oxygen atoms in total. The number of piperidine rings is 1. The van der Waals surface area contributed by atoms with Crippen molar-refractivity contribution in [3.8, 4) is 0 Å². The largest absolute Gasteiger partial charge is 0.347 e. The molecule has 0 bridgehead atoms. The van der Waals surface area contributed by atoms with E-state index in [9.17, 15) is 9.59 Å². The van der Waals surface area contributed by atoms with E-state index >= 15 is 0 Å². The molecule has 120 valence electrons. The third kappa shape index (κ3) is 4.87. The first-order valence-electron chi connectivity index (χ1n) is 7.18. The molecule has 1 aromatic carbocycles. The molecule has 1 heterocycles. The van der Waals surface area contributed by atoms with Crippen molar-refractivity contribution in [3.05, 3.63) is 28.2 Å². The van der Waals surface area contributed by atoms with Crippen molar-refractivity contribution >= 4 is 40.7 Å². The minimum Gasteiger partial charge on any atom is -0.347 e. The van der Waals surface area contributed by atoms with Crippen LogP contribution in [0.25, 0.3) is 0 Å². The van der Waals surface area contributed by atoms with E-state index in [0.717, 1.165) is 25.9 Å². The third-order valence-electron chi connectivity index (χ3n) is 3.66. The highest BCUT2D eigenvalue weighted by atomic mass is 35.5. The maximum atomic E-state index is 11.8. The first-order chi connectivity index (χ1) is 10.5. The summed E-state index contributed by atoms with van der Waals surface area (Å²) >= 11 is 11.7. The lowest BCUT2D eigenvalue weighted by Crippen LogP contribution is -2.42. The zero-order valence-corrected chi connectivity index (χ0v) is 13.9. The van der Waals surface area contributed by atoms with Crippen LogP contribution in [0.2, 0.25) is 10.0 Å². The van der Waals surface area contributed by atoms with Crippen molar-refractivity contribution in [3.63, 3.8) is 0 Å². The average molecular weight is 344 g/mol. The van der Waals surface area contributed by atoms with Crippen LogP contribution in [0.15, 0.2) is 18.2 Å². The predicted octanol–water partition coefficient (Wildman–Crippen LogP) is 2.39. The van der Waals surface area contributed by atoms with Gasteiger partial charge in [-0.1, -0.05) is 23.2 Å². The van der Waals surface area contributed by atoms with Crippen LogP contribution >= 0.6 is 23.2 Å². The van der Waals surface area contributed by atoms with Gasteiger partial charge in [0, 0.05) is 18.8 Å². The van der Waals surface area contributed by atoms with Gasteiger partial charge in [-0.3, -0.25) is 9.59 Å². The highest BCUT2D eigenvalue weighted by molar-refractivity contribution is 6.42. The quantitative estimate of drug-likeness (QED) is 0.828. The van der Waals surface area contributed by atoms with Gasteiger partial charge in [-0.2, -0.15) is 0 Å². The minimum atomic E-state index is -0.706. The molecule has 1 atom stereocenters. The van der Waals surface area contributed by atoms with Gasteiger partial charge in [0.2, 0.25) is 0 Å². The van der Waals surface area contributed by atoms with Crippen LogP contribution in [0.4, 0.5) is 5.69 Å². The molecule has 1 fully saturated rings. The Morgan fingerprint density at radius 1 is 1.27 bits per heavy atom. The number of hydrogen-bond acceptors (Lipinski definition) is 3. The first kappa shape index (κ1) is 17.1. The van der Waals surface area contributed by atoms with E-state index < -0.39 is 11.8 Å². The van der Waals surface area contributed by atoms with E-state index in [1.807, 2.05) is 0 Å². The number of nitrogens with zero attached hydrogens (tertiary/aromatic N) is 1. The minimum absolute atomic E-state index is 0.324. The Labute approximate surface area is 139 Å². The topological polar surface area (TPSA) is 61.4 Å². The molecule has 1 aromatic rings. The number of halogens is 2. The molecule has 1 aliphatic heterocycles. The maximum absolute atomic E-state index is 11.8. The highest BCUT2D eigenvalue weighted by Crippen LogP contribution is 2.24. The molecule has 2 rings (SSSR count). The fourth-order valence-electron chi connectivity index (χ4n) is 2.52. The fraction of sp³-hybridized carbons (Fsp3) is 0.467. The molecule has 22 heavy (non-hydrogen) atoms. The van der Waals surface area contributed by atoms with Crippen molar-refractivity contribution in [1.82, 2.24) is 10.2 Å². The van der Waals surface area contributed by atoms with Crippen LogP contribution in [0.3, 0.4) is 0 Å². The standard InChI is InChI=1S/C15H19Cl2N3O2/c1-20-6-2-3-10(9-20)8-18-14(21)15(22)19-11-4-5-12(16)13(17)7-11/h4-5,7,10H,2-3,6,8-9H2,1H3,(H,18,21)(H,19,22). The van der Waals surface area contributed by atoms with E-state index in [-0.39, 0.29) is 0 Å². The molecule has 2 N–H and O–H groups in total. The van der Waals surface area contributed by atoms with Crippen LogP contribution in [0, 0.1) is 5.92 Å². The Morgan fingerprint density at radius 2 is 2.05 bits per heavy atom. The zero-order chi connectivity index (χ0) is 16.1. The SMILES string of the molecule is CN1CCCC(CNC(=O)C(=O)Nc2ccc(Cl)c(Cl)c2)C1. The van der Waals surface area contributed by atoms with E-state index in [1.165, 1.54) is 6.07 Å². The number of hydrogen-bond donors (Lipinski definition) is 2. The number of anilines is 1. The van der Waals surface area contributed by atoms with Crippen LogP contribution in [-0.2, 0) is 9.59 Å². The van der Waals surface area contributed by atoms with Crippen LogP contribution in [0.5, 0.6) is 0 Å². The second-order valence-corrected chi connectivity index (χ2v) is 6.38. The molecule has 7 heteroatoms. The van der Waals surface area contributed by atoms with Crippen molar-refractivity contribution in [2.45, 2.75) is 12.8 Å². The number of benzene rings is 1. The summed E-state index contributed by atoms with van der Waals surface area (Å²) in [6, 6.07) is 4.66. The molecule has 1 unspecified atom stereocenters. The normalized spacial score (nSPS) is 18.8. The number of rotatable bonds is 3. The summed E-state index contributed by atoms with van der Waals surface area (Å²) < 4.78 is 0. The average Bonchev–Trinajstić information content (AvgIpc) is 2.48. The van der Waals surface area contributed by atoms with E-state index in [2.05, 4.69) is 22.6 Å². The van der Waals surface area contributed by atoms with Crippen molar-refractivity contribution in [1.29, 1.82) is 0 Å². The molecule has 0 saturated carbocycles. The molecule has 2 amide bonds.